The minimum atomic E-state index is 0.241. The number of para-hydroxylation sites is 1. The number of carbonyl (C=O) groups excluding carboxylic acids is 1. The Morgan fingerprint density at radius 3 is 2.76 bits per heavy atom. The van der Waals surface area contributed by atoms with Gasteiger partial charge in [0.05, 0.1) is 20.9 Å². The highest BCUT2D eigenvalue weighted by molar-refractivity contribution is 7.12. The molecule has 5 nitrogen and oxygen atoms in total. The summed E-state index contributed by atoms with van der Waals surface area (Å²) >= 11 is 13.5. The van der Waals surface area contributed by atoms with Crippen molar-refractivity contribution in [3.05, 3.63) is 57.9 Å². The van der Waals surface area contributed by atoms with Crippen molar-refractivity contribution in [3.8, 4) is 22.3 Å². The van der Waals surface area contributed by atoms with Crippen LogP contribution in [0.4, 0.5) is 0 Å². The van der Waals surface area contributed by atoms with Gasteiger partial charge >= 0.3 is 0 Å². The number of benzene rings is 2. The largest absolute Gasteiger partial charge is 0.409 e. The molecule has 2 aromatic carbocycles. The number of carbonyl (C=O) groups is 1. The number of thiazole rings is 1. The van der Waals surface area contributed by atoms with E-state index in [1.54, 1.807) is 22.2 Å². The lowest BCUT2D eigenvalue weighted by atomic mass is 10.1. The molecule has 0 amide bonds. The van der Waals surface area contributed by atoms with Crippen LogP contribution < -0.4 is 4.74 Å². The molecule has 0 N–H and O–H groups in total. The number of halogens is 2. The lowest BCUT2D eigenvalue weighted by Crippen LogP contribution is -1.96. The van der Waals surface area contributed by atoms with Gasteiger partial charge < -0.3 is 4.74 Å². The monoisotopic (exact) mass is 389 g/mol. The SMILES string of the molecule is O=COc1csc(-n2nc(-c3ccc(Cl)c(Cl)c3)c3ccccc32)n1. The fourth-order valence-corrected chi connectivity index (χ4v) is 3.51. The Morgan fingerprint density at radius 1 is 1.12 bits per heavy atom. The van der Waals surface area contributed by atoms with Gasteiger partial charge in [0, 0.05) is 10.9 Å². The first-order valence-electron chi connectivity index (χ1n) is 7.17. The molecule has 0 spiro atoms. The lowest BCUT2D eigenvalue weighted by molar-refractivity contribution is -0.120. The van der Waals surface area contributed by atoms with Crippen molar-refractivity contribution in [2.24, 2.45) is 0 Å². The summed E-state index contributed by atoms with van der Waals surface area (Å²) in [4.78, 5) is 14.8. The van der Waals surface area contributed by atoms with Gasteiger partial charge in [0.25, 0.3) is 6.47 Å². The summed E-state index contributed by atoms with van der Waals surface area (Å²) in [5.41, 5.74) is 2.50. The van der Waals surface area contributed by atoms with Crippen LogP contribution in [0.3, 0.4) is 0 Å². The summed E-state index contributed by atoms with van der Waals surface area (Å²) in [5.74, 6) is 0.241. The predicted molar refractivity (Wildman–Crippen MR) is 98.9 cm³/mol. The van der Waals surface area contributed by atoms with Crippen molar-refractivity contribution in [2.75, 3.05) is 0 Å². The summed E-state index contributed by atoms with van der Waals surface area (Å²) in [6, 6.07) is 13.2. The summed E-state index contributed by atoms with van der Waals surface area (Å²) in [6.07, 6.45) is 0. The van der Waals surface area contributed by atoms with E-state index in [0.29, 0.717) is 21.6 Å². The molecular weight excluding hydrogens is 381 g/mol. The molecule has 0 atom stereocenters. The minimum absolute atomic E-state index is 0.241. The molecule has 4 rings (SSSR count). The van der Waals surface area contributed by atoms with E-state index in [-0.39, 0.29) is 5.88 Å². The van der Waals surface area contributed by atoms with E-state index >= 15 is 0 Å². The number of fused-ring (bicyclic) bond motifs is 1. The Bertz CT molecular complexity index is 1090. The van der Waals surface area contributed by atoms with Crippen LogP contribution in [0.2, 0.25) is 10.0 Å². The maximum atomic E-state index is 10.5. The zero-order chi connectivity index (χ0) is 17.4. The summed E-state index contributed by atoms with van der Waals surface area (Å²) in [6.45, 7) is 0.348. The van der Waals surface area contributed by atoms with Crippen LogP contribution in [0, 0.1) is 0 Å². The van der Waals surface area contributed by atoms with E-state index in [0.717, 1.165) is 22.2 Å². The lowest BCUT2D eigenvalue weighted by Gasteiger charge is -2.00. The molecule has 0 aliphatic heterocycles. The number of nitrogens with zero attached hydrogens (tertiary/aromatic N) is 3. The number of hydrogen-bond donors (Lipinski definition) is 0. The van der Waals surface area contributed by atoms with Gasteiger partial charge in [0.1, 0.15) is 5.69 Å². The summed E-state index contributed by atoms with van der Waals surface area (Å²) in [5, 5.41) is 8.85. The zero-order valence-electron chi connectivity index (χ0n) is 12.5. The molecule has 2 aromatic heterocycles. The number of aromatic nitrogens is 3. The summed E-state index contributed by atoms with van der Waals surface area (Å²) < 4.78 is 6.50. The van der Waals surface area contributed by atoms with Gasteiger partial charge in [-0.1, -0.05) is 58.8 Å². The first-order chi connectivity index (χ1) is 12.2. The predicted octanol–water partition coefficient (Wildman–Crippen LogP) is 4.99. The fourth-order valence-electron chi connectivity index (χ4n) is 2.52. The average molecular weight is 390 g/mol. The molecule has 0 saturated carbocycles. The second-order valence-electron chi connectivity index (χ2n) is 5.09. The Hall–Kier alpha value is -2.41. The van der Waals surface area contributed by atoms with Gasteiger partial charge in [-0.3, -0.25) is 4.79 Å². The van der Waals surface area contributed by atoms with Crippen LogP contribution in [-0.2, 0) is 4.79 Å². The molecule has 2 heterocycles. The number of hydrogen-bond acceptors (Lipinski definition) is 5. The van der Waals surface area contributed by atoms with Gasteiger partial charge in [-0.25, -0.2) is 4.68 Å². The van der Waals surface area contributed by atoms with Crippen molar-refractivity contribution < 1.29 is 9.53 Å². The smallest absolute Gasteiger partial charge is 0.299 e. The highest BCUT2D eigenvalue weighted by Gasteiger charge is 2.16. The van der Waals surface area contributed by atoms with Crippen molar-refractivity contribution in [2.45, 2.75) is 0 Å². The van der Waals surface area contributed by atoms with Crippen LogP contribution in [0.1, 0.15) is 0 Å². The van der Waals surface area contributed by atoms with E-state index in [2.05, 4.69) is 4.98 Å². The van der Waals surface area contributed by atoms with Crippen LogP contribution in [-0.4, -0.2) is 21.2 Å². The Kier molecular flexibility index (Phi) is 4.17. The summed E-state index contributed by atoms with van der Waals surface area (Å²) in [7, 11) is 0. The molecule has 0 radical (unpaired) electrons. The van der Waals surface area contributed by atoms with Crippen LogP contribution in [0.5, 0.6) is 5.88 Å². The van der Waals surface area contributed by atoms with E-state index in [9.17, 15) is 4.79 Å². The van der Waals surface area contributed by atoms with E-state index < -0.39 is 0 Å². The van der Waals surface area contributed by atoms with Crippen LogP contribution in [0.15, 0.2) is 47.8 Å². The third-order valence-corrected chi connectivity index (χ3v) is 5.13. The first-order valence-corrected chi connectivity index (χ1v) is 8.80. The Balaban J connectivity index is 1.91. The third kappa shape index (κ3) is 2.89. The van der Waals surface area contributed by atoms with Gasteiger partial charge in [0.2, 0.25) is 11.0 Å². The van der Waals surface area contributed by atoms with Crippen molar-refractivity contribution in [3.63, 3.8) is 0 Å². The van der Waals surface area contributed by atoms with Gasteiger partial charge in [0.15, 0.2) is 0 Å². The standard InChI is InChI=1S/C17H9Cl2N3O2S/c18-12-6-5-10(7-13(12)19)16-11-3-1-2-4-14(11)22(21-16)17-20-15(8-25-17)24-9-23/h1-9H. The molecule has 0 saturated heterocycles. The molecule has 25 heavy (non-hydrogen) atoms. The van der Waals surface area contributed by atoms with E-state index in [4.69, 9.17) is 33.0 Å². The molecule has 4 aromatic rings. The molecule has 0 fully saturated rings. The first kappa shape index (κ1) is 16.1. The fraction of sp³-hybridized carbons (Fsp3) is 0. The highest BCUT2D eigenvalue weighted by Crippen LogP contribution is 2.34. The van der Waals surface area contributed by atoms with Crippen molar-refractivity contribution in [1.82, 2.24) is 14.8 Å². The second-order valence-corrected chi connectivity index (χ2v) is 6.74. The Labute approximate surface area is 156 Å². The zero-order valence-corrected chi connectivity index (χ0v) is 14.8. The molecular formula is C17H9Cl2N3O2S. The average Bonchev–Trinajstić information content (AvgIpc) is 3.22. The topological polar surface area (TPSA) is 57.0 Å². The van der Waals surface area contributed by atoms with Gasteiger partial charge in [-0.2, -0.15) is 10.1 Å². The maximum Gasteiger partial charge on any atom is 0.299 e. The van der Waals surface area contributed by atoms with Crippen molar-refractivity contribution in [1.29, 1.82) is 0 Å². The normalized spacial score (nSPS) is 11.0. The van der Waals surface area contributed by atoms with Crippen molar-refractivity contribution >= 4 is 51.9 Å². The number of ether oxygens (including phenoxy) is 1. The van der Waals surface area contributed by atoms with Gasteiger partial charge in [-0.05, 0) is 18.2 Å². The molecule has 0 aliphatic carbocycles. The quantitative estimate of drug-likeness (QED) is 0.461. The maximum absolute atomic E-state index is 10.5. The second kappa shape index (κ2) is 6.48. The Morgan fingerprint density at radius 2 is 1.96 bits per heavy atom. The molecule has 124 valence electrons. The molecule has 0 unspecified atom stereocenters. The van der Waals surface area contributed by atoms with E-state index in [1.165, 1.54) is 11.3 Å². The number of rotatable bonds is 4. The van der Waals surface area contributed by atoms with Crippen LogP contribution in [0.25, 0.3) is 27.3 Å². The van der Waals surface area contributed by atoms with E-state index in [1.807, 2.05) is 30.3 Å². The highest BCUT2D eigenvalue weighted by atomic mass is 35.5. The van der Waals surface area contributed by atoms with Crippen LogP contribution >= 0.6 is 34.5 Å². The third-order valence-electron chi connectivity index (χ3n) is 3.60. The van der Waals surface area contributed by atoms with Gasteiger partial charge in [-0.15, -0.1) is 0 Å². The molecule has 8 heteroatoms. The minimum Gasteiger partial charge on any atom is -0.409 e. The molecule has 0 bridgehead atoms. The molecule has 0 aliphatic rings.